The number of hydrogen-bond donors (Lipinski definition) is 2. The Bertz CT molecular complexity index is 669. The van der Waals surface area contributed by atoms with Gasteiger partial charge in [-0.2, -0.15) is 0 Å². The second-order valence-electron chi connectivity index (χ2n) is 5.00. The van der Waals surface area contributed by atoms with E-state index in [1.54, 1.807) is 0 Å². The van der Waals surface area contributed by atoms with Crippen LogP contribution in [0.2, 0.25) is 0 Å². The molecule has 0 unspecified atom stereocenters. The molecule has 0 bridgehead atoms. The van der Waals surface area contributed by atoms with Crippen LogP contribution >= 0.6 is 0 Å². The molecular weight excluding hydrogens is 270 g/mol. The van der Waals surface area contributed by atoms with E-state index in [1.807, 2.05) is 0 Å². The molecule has 0 saturated heterocycles. The molecule has 2 aromatic heterocycles. The summed E-state index contributed by atoms with van der Waals surface area (Å²) in [4.78, 5) is 3.33. The molecular formula is C16H20ClN3. The van der Waals surface area contributed by atoms with E-state index < -0.39 is 0 Å². The molecule has 0 aliphatic heterocycles. The van der Waals surface area contributed by atoms with Crippen LogP contribution in [-0.2, 0) is 20.0 Å². The van der Waals surface area contributed by atoms with Crippen molar-refractivity contribution in [1.29, 1.82) is 0 Å². The van der Waals surface area contributed by atoms with Gasteiger partial charge in [0, 0.05) is 36.8 Å². The lowest BCUT2D eigenvalue weighted by Crippen LogP contribution is -3.00. The van der Waals surface area contributed by atoms with Crippen molar-refractivity contribution < 1.29 is 17.7 Å². The molecule has 0 aliphatic carbocycles. The molecule has 1 aromatic carbocycles. The SMILES string of the molecule is Cn1cccc1C[NH2+]CCc1c[nH]c2ccccc12.[Cl-]. The van der Waals surface area contributed by atoms with Crippen LogP contribution < -0.4 is 17.7 Å². The molecule has 0 aliphatic rings. The molecule has 0 spiro atoms. The van der Waals surface area contributed by atoms with Gasteiger partial charge in [0.1, 0.15) is 6.54 Å². The maximum atomic E-state index is 3.33. The van der Waals surface area contributed by atoms with E-state index in [2.05, 4.69) is 70.7 Å². The zero-order chi connectivity index (χ0) is 13.1. The Kier molecular flexibility index (Phi) is 4.88. The predicted molar refractivity (Wildman–Crippen MR) is 77.9 cm³/mol. The van der Waals surface area contributed by atoms with Crippen molar-refractivity contribution in [2.45, 2.75) is 13.0 Å². The van der Waals surface area contributed by atoms with Gasteiger partial charge in [0.05, 0.1) is 12.2 Å². The molecule has 3 aromatic rings. The van der Waals surface area contributed by atoms with E-state index in [-0.39, 0.29) is 12.4 Å². The highest BCUT2D eigenvalue weighted by atomic mass is 35.5. The lowest BCUT2D eigenvalue weighted by atomic mass is 10.1. The van der Waals surface area contributed by atoms with Crippen molar-refractivity contribution in [3.05, 3.63) is 60.0 Å². The summed E-state index contributed by atoms with van der Waals surface area (Å²) in [6, 6.07) is 12.8. The number of benzene rings is 1. The summed E-state index contributed by atoms with van der Waals surface area (Å²) < 4.78 is 2.18. The molecule has 3 nitrogen and oxygen atoms in total. The van der Waals surface area contributed by atoms with Crippen molar-refractivity contribution in [3.8, 4) is 0 Å². The van der Waals surface area contributed by atoms with E-state index in [9.17, 15) is 0 Å². The van der Waals surface area contributed by atoms with Crippen LogP contribution in [0, 0.1) is 0 Å². The number of aromatic amines is 1. The number of fused-ring (bicyclic) bond motifs is 1. The van der Waals surface area contributed by atoms with Gasteiger partial charge in [0.25, 0.3) is 0 Å². The summed E-state index contributed by atoms with van der Waals surface area (Å²) in [6.45, 7) is 2.17. The maximum absolute atomic E-state index is 3.33. The molecule has 3 N–H and O–H groups in total. The number of nitrogens with two attached hydrogens (primary N) is 1. The van der Waals surface area contributed by atoms with Gasteiger partial charge in [-0.15, -0.1) is 0 Å². The molecule has 0 radical (unpaired) electrons. The highest BCUT2D eigenvalue weighted by molar-refractivity contribution is 5.82. The third kappa shape index (κ3) is 3.06. The number of aromatic nitrogens is 2. The van der Waals surface area contributed by atoms with Crippen molar-refractivity contribution in [1.82, 2.24) is 9.55 Å². The normalized spacial score (nSPS) is 10.7. The quantitative estimate of drug-likeness (QED) is 0.555. The zero-order valence-electron chi connectivity index (χ0n) is 11.6. The van der Waals surface area contributed by atoms with Crippen LogP contribution in [0.3, 0.4) is 0 Å². The summed E-state index contributed by atoms with van der Waals surface area (Å²) in [5.74, 6) is 0. The molecule has 0 fully saturated rings. The van der Waals surface area contributed by atoms with Crippen LogP contribution in [0.4, 0.5) is 0 Å². The standard InChI is InChI=1S/C16H19N3.ClH/c1-19-10-4-5-14(19)12-17-9-8-13-11-18-16-7-3-2-6-15(13)16;/h2-7,10-11,17-18H,8-9,12H2,1H3;1H. The van der Waals surface area contributed by atoms with E-state index in [0.29, 0.717) is 0 Å². The molecule has 20 heavy (non-hydrogen) atoms. The first-order valence-corrected chi connectivity index (χ1v) is 6.81. The first-order valence-electron chi connectivity index (χ1n) is 6.81. The predicted octanol–water partition coefficient (Wildman–Crippen LogP) is -1.18. The fourth-order valence-electron chi connectivity index (χ4n) is 2.55. The molecule has 0 atom stereocenters. The van der Waals surface area contributed by atoms with Crippen LogP contribution in [0.1, 0.15) is 11.3 Å². The Morgan fingerprint density at radius 3 is 2.80 bits per heavy atom. The zero-order valence-corrected chi connectivity index (χ0v) is 12.4. The number of para-hydroxylation sites is 1. The van der Waals surface area contributed by atoms with Gasteiger partial charge in [-0.3, -0.25) is 0 Å². The topological polar surface area (TPSA) is 37.3 Å². The van der Waals surface area contributed by atoms with Gasteiger partial charge >= 0.3 is 0 Å². The first kappa shape index (κ1) is 14.7. The molecule has 106 valence electrons. The summed E-state index contributed by atoms with van der Waals surface area (Å²) in [5.41, 5.74) is 4.03. The van der Waals surface area contributed by atoms with Gasteiger partial charge in [0.2, 0.25) is 0 Å². The largest absolute Gasteiger partial charge is 1.00 e. The van der Waals surface area contributed by atoms with Crippen LogP contribution in [0.25, 0.3) is 10.9 Å². The minimum absolute atomic E-state index is 0. The number of H-pyrrole nitrogens is 1. The smallest absolute Gasteiger partial charge is 0.116 e. The number of rotatable bonds is 5. The van der Waals surface area contributed by atoms with Gasteiger partial charge in [-0.25, -0.2) is 0 Å². The number of quaternary nitrogens is 1. The van der Waals surface area contributed by atoms with Gasteiger partial charge in [-0.1, -0.05) is 18.2 Å². The first-order chi connectivity index (χ1) is 9.34. The van der Waals surface area contributed by atoms with Gasteiger partial charge in [0.15, 0.2) is 0 Å². The minimum Gasteiger partial charge on any atom is -1.00 e. The summed E-state index contributed by atoms with van der Waals surface area (Å²) >= 11 is 0. The molecule has 4 heteroatoms. The Morgan fingerprint density at radius 2 is 2.00 bits per heavy atom. The van der Waals surface area contributed by atoms with Crippen molar-refractivity contribution in [3.63, 3.8) is 0 Å². The number of nitrogens with zero attached hydrogens (tertiary/aromatic N) is 1. The lowest BCUT2D eigenvalue weighted by Gasteiger charge is -2.03. The van der Waals surface area contributed by atoms with Gasteiger partial charge in [-0.05, 0) is 23.8 Å². The number of aryl methyl sites for hydroxylation is 1. The number of hydrogen-bond acceptors (Lipinski definition) is 0. The highest BCUT2D eigenvalue weighted by Crippen LogP contribution is 2.17. The van der Waals surface area contributed by atoms with Crippen molar-refractivity contribution >= 4 is 10.9 Å². The van der Waals surface area contributed by atoms with Gasteiger partial charge < -0.3 is 27.3 Å². The maximum Gasteiger partial charge on any atom is 0.116 e. The number of nitrogens with one attached hydrogen (secondary N) is 1. The van der Waals surface area contributed by atoms with E-state index in [0.717, 1.165) is 19.5 Å². The third-order valence-electron chi connectivity index (χ3n) is 3.70. The summed E-state index contributed by atoms with van der Waals surface area (Å²) in [6.07, 6.45) is 5.35. The number of halogens is 1. The average Bonchev–Trinajstić information content (AvgIpc) is 3.02. The van der Waals surface area contributed by atoms with E-state index >= 15 is 0 Å². The molecule has 2 heterocycles. The van der Waals surface area contributed by atoms with E-state index in [1.165, 1.54) is 22.2 Å². The summed E-state index contributed by atoms with van der Waals surface area (Å²) in [7, 11) is 2.10. The van der Waals surface area contributed by atoms with Crippen molar-refractivity contribution in [2.75, 3.05) is 6.54 Å². The second kappa shape index (κ2) is 6.64. The monoisotopic (exact) mass is 289 g/mol. The minimum atomic E-state index is 0. The van der Waals surface area contributed by atoms with Crippen LogP contribution in [0.15, 0.2) is 48.8 Å². The van der Waals surface area contributed by atoms with Crippen LogP contribution in [-0.4, -0.2) is 16.1 Å². The van der Waals surface area contributed by atoms with Crippen molar-refractivity contribution in [2.24, 2.45) is 7.05 Å². The Hall–Kier alpha value is -1.71. The lowest BCUT2D eigenvalue weighted by molar-refractivity contribution is -0.670. The summed E-state index contributed by atoms with van der Waals surface area (Å²) in [5, 5.41) is 3.73. The van der Waals surface area contributed by atoms with E-state index in [4.69, 9.17) is 0 Å². The fraction of sp³-hybridized carbons (Fsp3) is 0.250. The Balaban J connectivity index is 0.00000147. The third-order valence-corrected chi connectivity index (χ3v) is 3.70. The molecule has 0 amide bonds. The highest BCUT2D eigenvalue weighted by Gasteiger charge is 2.04. The fourth-order valence-corrected chi connectivity index (χ4v) is 2.55. The molecule has 3 rings (SSSR count). The average molecular weight is 290 g/mol. The molecule has 0 saturated carbocycles. The van der Waals surface area contributed by atoms with Crippen LogP contribution in [0.5, 0.6) is 0 Å². The Morgan fingerprint density at radius 1 is 1.15 bits per heavy atom. The Labute approximate surface area is 125 Å². The second-order valence-corrected chi connectivity index (χ2v) is 5.00.